The predicted octanol–water partition coefficient (Wildman–Crippen LogP) is 3.89. The van der Waals surface area contributed by atoms with Crippen LogP contribution in [0.2, 0.25) is 0 Å². The topological polar surface area (TPSA) is 106 Å². The molecule has 2 aromatic rings. The van der Waals surface area contributed by atoms with Crippen molar-refractivity contribution in [1.29, 1.82) is 0 Å². The van der Waals surface area contributed by atoms with E-state index < -0.39 is 29.2 Å². The van der Waals surface area contributed by atoms with E-state index in [9.17, 15) is 22.4 Å². The molecule has 200 valence electrons. The fourth-order valence-electron chi connectivity index (χ4n) is 4.57. The summed E-state index contributed by atoms with van der Waals surface area (Å²) in [6.07, 6.45) is -2.08. The Hall–Kier alpha value is -4.39. The van der Waals surface area contributed by atoms with Gasteiger partial charge in [0.1, 0.15) is 29.2 Å². The van der Waals surface area contributed by atoms with Crippen LogP contribution in [0.5, 0.6) is 0 Å². The van der Waals surface area contributed by atoms with Crippen molar-refractivity contribution in [3.8, 4) is 22.5 Å². The van der Waals surface area contributed by atoms with Crippen LogP contribution in [0.3, 0.4) is 0 Å². The lowest BCUT2D eigenvalue weighted by Crippen LogP contribution is -2.34. The summed E-state index contributed by atoms with van der Waals surface area (Å²) in [4.78, 5) is 29.9. The van der Waals surface area contributed by atoms with Crippen LogP contribution in [-0.4, -0.2) is 51.2 Å². The number of nitrogens with zero attached hydrogens (tertiary/aromatic N) is 5. The summed E-state index contributed by atoms with van der Waals surface area (Å²) in [5.74, 6) is -0.251. The summed E-state index contributed by atoms with van der Waals surface area (Å²) in [7, 11) is 0. The van der Waals surface area contributed by atoms with E-state index in [1.807, 2.05) is 10.6 Å². The number of carbonyl (C=O) groups is 1. The number of aromatic nitrogens is 4. The average molecular weight is 539 g/mol. The minimum atomic E-state index is -4.65. The first kappa shape index (κ1) is 24.9. The molecule has 1 amide bonds. The molecule has 13 heteroatoms. The van der Waals surface area contributed by atoms with Gasteiger partial charge in [-0.3, -0.25) is 9.78 Å². The molecule has 0 saturated carbocycles. The number of aryl methyl sites for hydroxylation is 1. The van der Waals surface area contributed by atoms with Gasteiger partial charge in [0, 0.05) is 36.6 Å². The summed E-state index contributed by atoms with van der Waals surface area (Å²) >= 11 is 0. The molecule has 1 fully saturated rings. The van der Waals surface area contributed by atoms with E-state index >= 15 is 0 Å². The van der Waals surface area contributed by atoms with Crippen LogP contribution in [0.15, 0.2) is 47.7 Å². The number of benzene rings is 1. The zero-order valence-corrected chi connectivity index (χ0v) is 20.5. The molecule has 1 saturated heterocycles. The highest BCUT2D eigenvalue weighted by Crippen LogP contribution is 2.39. The van der Waals surface area contributed by atoms with Gasteiger partial charge in [-0.2, -0.15) is 18.2 Å². The van der Waals surface area contributed by atoms with Gasteiger partial charge in [0.15, 0.2) is 0 Å². The number of halogens is 4. The molecule has 2 N–H and O–H groups in total. The number of hydrogen-bond acceptors (Lipinski definition) is 7. The maximum absolute atomic E-state index is 14.9. The first-order valence-electron chi connectivity index (χ1n) is 12.1. The van der Waals surface area contributed by atoms with Gasteiger partial charge in [0.25, 0.3) is 5.91 Å². The molecule has 0 unspecified atom stereocenters. The molecule has 4 aliphatic heterocycles. The lowest BCUT2D eigenvalue weighted by molar-refractivity contribution is -0.137. The van der Waals surface area contributed by atoms with Gasteiger partial charge in [-0.25, -0.2) is 14.4 Å². The fourth-order valence-corrected chi connectivity index (χ4v) is 4.57. The van der Waals surface area contributed by atoms with Crippen molar-refractivity contribution in [3.05, 3.63) is 71.0 Å². The van der Waals surface area contributed by atoms with Crippen LogP contribution >= 0.6 is 0 Å². The minimum absolute atomic E-state index is 0.0412. The van der Waals surface area contributed by atoms with Crippen LogP contribution in [0.4, 0.5) is 29.1 Å². The Morgan fingerprint density at radius 3 is 2.74 bits per heavy atom. The van der Waals surface area contributed by atoms with Crippen LogP contribution < -0.4 is 16.3 Å². The Morgan fingerprint density at radius 1 is 1.18 bits per heavy atom. The zero-order valence-electron chi connectivity index (χ0n) is 20.5. The first-order valence-corrected chi connectivity index (χ1v) is 12.1. The Kier molecular flexibility index (Phi) is 6.02. The molecule has 0 atom stereocenters. The van der Waals surface area contributed by atoms with E-state index in [-0.39, 0.29) is 11.7 Å². The van der Waals surface area contributed by atoms with Gasteiger partial charge in [-0.15, -0.1) is 0 Å². The fraction of sp³-hybridized carbons (Fsp3) is 0.269. The third-order valence-electron chi connectivity index (χ3n) is 6.58. The number of alkyl halides is 3. The van der Waals surface area contributed by atoms with E-state index in [0.29, 0.717) is 54.9 Å². The Bertz CT molecular complexity index is 1650. The van der Waals surface area contributed by atoms with Crippen molar-refractivity contribution in [1.82, 2.24) is 19.5 Å². The van der Waals surface area contributed by atoms with Gasteiger partial charge < -0.3 is 19.9 Å². The third kappa shape index (κ3) is 4.69. The molecule has 4 aliphatic rings. The first-order chi connectivity index (χ1) is 18.7. The number of nitrogens with one attached hydrogen (secondary N) is 2. The lowest BCUT2D eigenvalue weighted by Gasteiger charge is -2.21. The van der Waals surface area contributed by atoms with Crippen molar-refractivity contribution in [2.24, 2.45) is 4.99 Å². The van der Waals surface area contributed by atoms with Gasteiger partial charge >= 0.3 is 6.18 Å². The summed E-state index contributed by atoms with van der Waals surface area (Å²) in [6.45, 7) is 4.09. The maximum Gasteiger partial charge on any atom is 0.416 e. The molecule has 0 radical (unpaired) electrons. The number of rotatable bonds is 4. The molecule has 1 aromatic carbocycles. The zero-order chi connectivity index (χ0) is 27.3. The molecule has 6 rings (SSSR count). The molecule has 0 spiro atoms. The molecule has 1 aromatic heterocycles. The van der Waals surface area contributed by atoms with E-state index in [1.165, 1.54) is 12.1 Å². The van der Waals surface area contributed by atoms with E-state index in [4.69, 9.17) is 4.74 Å². The number of ether oxygens (including phenoxy) is 1. The number of carbonyl (C=O) groups excluding carboxylic acids is 1. The van der Waals surface area contributed by atoms with Crippen LogP contribution in [0.25, 0.3) is 22.5 Å². The van der Waals surface area contributed by atoms with Crippen LogP contribution in [0, 0.1) is 12.7 Å². The summed E-state index contributed by atoms with van der Waals surface area (Å²) in [5.41, 5.74) is 1.35. The smallest absolute Gasteiger partial charge is 0.377 e. The lowest BCUT2D eigenvalue weighted by atomic mass is 9.98. The Balaban J connectivity index is 1.39. The van der Waals surface area contributed by atoms with Gasteiger partial charge in [-0.05, 0) is 48.4 Å². The van der Waals surface area contributed by atoms with Crippen molar-refractivity contribution in [2.45, 2.75) is 25.7 Å². The number of hydrogen-bond donors (Lipinski definition) is 2. The summed E-state index contributed by atoms with van der Waals surface area (Å²) in [5, 5.41) is 5.71. The molecular formula is C26H21F4N7O2. The number of anilines is 2. The Labute approximate surface area is 219 Å². The molecular weight excluding hydrogens is 518 g/mol. The average Bonchev–Trinajstić information content (AvgIpc) is 3.37. The Morgan fingerprint density at radius 2 is 2.00 bits per heavy atom. The second-order valence-electron chi connectivity index (χ2n) is 9.28. The van der Waals surface area contributed by atoms with Crippen molar-refractivity contribution in [2.75, 3.05) is 30.4 Å². The number of fused-ring (bicyclic) bond motifs is 3. The quantitative estimate of drug-likeness (QED) is 0.382. The summed E-state index contributed by atoms with van der Waals surface area (Å²) < 4.78 is 61.3. The molecule has 0 aliphatic carbocycles. The molecule has 9 nitrogen and oxygen atoms in total. The summed E-state index contributed by atoms with van der Waals surface area (Å²) in [6, 6.07) is 6.02. The third-order valence-corrected chi connectivity index (χ3v) is 6.58. The van der Waals surface area contributed by atoms with Crippen molar-refractivity contribution in [3.63, 3.8) is 0 Å². The standard InChI is InChI=1S/C26H21F4N7O2/c1-13-6-19(27)20(35-24(38)21-8-15(2-3-31-21)26(28,29)30)9-17(13)18-7-14-10-33-25(34-16-11-39-12-16)36-22(14)37-5-4-32-23(18)37/h2-3,6-10,16,32H,4-5,11-12H2,1H3,(H,35,38). The second kappa shape index (κ2) is 9.42. The minimum Gasteiger partial charge on any atom is -0.377 e. The van der Waals surface area contributed by atoms with Crippen molar-refractivity contribution >= 4 is 17.4 Å². The maximum atomic E-state index is 14.9. The van der Waals surface area contributed by atoms with Gasteiger partial charge in [0.2, 0.25) is 5.62 Å². The highest BCUT2D eigenvalue weighted by molar-refractivity contribution is 6.03. The molecule has 39 heavy (non-hydrogen) atoms. The second-order valence-corrected chi connectivity index (χ2v) is 9.28. The normalized spacial score (nSPS) is 15.7. The number of amides is 1. The largest absolute Gasteiger partial charge is 0.416 e. The highest BCUT2D eigenvalue weighted by atomic mass is 19.4. The molecule has 0 bridgehead atoms. The van der Waals surface area contributed by atoms with E-state index in [1.54, 1.807) is 13.1 Å². The van der Waals surface area contributed by atoms with Crippen LogP contribution in [0.1, 0.15) is 21.6 Å². The SMILES string of the molecule is Cc1cc(F)c(NC(=O)c2cc(C(F)(F)F)ccn2)cc1-c1cc2cnc(=NC3COC3)nc-2n2c1NCC2. The highest BCUT2D eigenvalue weighted by Gasteiger charge is 2.31. The monoisotopic (exact) mass is 539 g/mol. The van der Waals surface area contributed by atoms with Gasteiger partial charge in [-0.1, -0.05) is 0 Å². The van der Waals surface area contributed by atoms with Gasteiger partial charge in [0.05, 0.1) is 24.5 Å². The van der Waals surface area contributed by atoms with Crippen LogP contribution in [-0.2, 0) is 17.5 Å². The predicted molar refractivity (Wildman–Crippen MR) is 133 cm³/mol. The molecule has 5 heterocycles. The number of pyridine rings is 2. The van der Waals surface area contributed by atoms with Crippen molar-refractivity contribution < 1.29 is 27.1 Å². The van der Waals surface area contributed by atoms with E-state index in [0.717, 1.165) is 29.2 Å². The van der Waals surface area contributed by atoms with E-state index in [2.05, 4.69) is 30.6 Å².